The molecular weight excluding hydrogens is 489 g/mol. The van der Waals surface area contributed by atoms with E-state index in [2.05, 4.69) is 16.7 Å². The maximum Gasteiger partial charge on any atom is 0.123 e. The predicted octanol–water partition coefficient (Wildman–Crippen LogP) is 4.63. The molecule has 2 aromatic heterocycles. The first-order valence-corrected chi connectivity index (χ1v) is 13.8. The van der Waals surface area contributed by atoms with Crippen molar-refractivity contribution in [3.8, 4) is 0 Å². The second kappa shape index (κ2) is 11.9. The van der Waals surface area contributed by atoms with Crippen LogP contribution in [0.25, 0.3) is 27.6 Å². The summed E-state index contributed by atoms with van der Waals surface area (Å²) >= 11 is 0. The number of allylic oxidation sites excluding steroid dienone is 1. The summed E-state index contributed by atoms with van der Waals surface area (Å²) in [7, 11) is 0.657. The van der Waals surface area contributed by atoms with E-state index in [1.165, 1.54) is 17.1 Å². The topological polar surface area (TPSA) is 99.4 Å². The molecule has 3 heterocycles. The van der Waals surface area contributed by atoms with Gasteiger partial charge < -0.3 is 20.0 Å². The SMILES string of the molecule is C/C(N)=C(\c1cnc2c3c(S(C)=O)cccc3n(CC3CCOCC3)c2c1)N(C)N.Fc1ccccc1. The maximum absolute atomic E-state index is 12.5. The van der Waals surface area contributed by atoms with Gasteiger partial charge in [0.05, 0.1) is 37.9 Å². The molecule has 0 saturated carbocycles. The van der Waals surface area contributed by atoms with E-state index >= 15 is 0 Å². The molecule has 1 aliphatic rings. The third kappa shape index (κ3) is 6.01. The van der Waals surface area contributed by atoms with Gasteiger partial charge in [-0.1, -0.05) is 24.3 Å². The molecule has 9 heteroatoms. The van der Waals surface area contributed by atoms with Gasteiger partial charge in [0.15, 0.2) is 0 Å². The zero-order valence-electron chi connectivity index (χ0n) is 21.5. The van der Waals surface area contributed by atoms with Gasteiger partial charge in [-0.15, -0.1) is 0 Å². The highest BCUT2D eigenvalue weighted by atomic mass is 32.2. The molecule has 5 rings (SSSR count). The van der Waals surface area contributed by atoms with Crippen LogP contribution in [0, 0.1) is 11.7 Å². The van der Waals surface area contributed by atoms with Crippen molar-refractivity contribution in [1.82, 2.24) is 14.6 Å². The van der Waals surface area contributed by atoms with E-state index in [1.807, 2.05) is 19.1 Å². The first-order valence-electron chi connectivity index (χ1n) is 12.3. The first kappa shape index (κ1) is 26.8. The lowest BCUT2D eigenvalue weighted by Gasteiger charge is -2.23. The molecular formula is C28H34FN5O2S. The minimum absolute atomic E-state index is 0.178. The molecule has 4 aromatic rings. The molecule has 1 aliphatic heterocycles. The van der Waals surface area contributed by atoms with Crippen LogP contribution in [0.4, 0.5) is 4.39 Å². The number of hydrazine groups is 1. The molecule has 4 N–H and O–H groups in total. The Labute approximate surface area is 219 Å². The van der Waals surface area contributed by atoms with E-state index < -0.39 is 10.8 Å². The van der Waals surface area contributed by atoms with Crippen molar-refractivity contribution in [3.63, 3.8) is 0 Å². The van der Waals surface area contributed by atoms with Crippen molar-refractivity contribution in [2.45, 2.75) is 31.2 Å². The van der Waals surface area contributed by atoms with E-state index in [4.69, 9.17) is 21.3 Å². The predicted molar refractivity (Wildman–Crippen MR) is 148 cm³/mol. The minimum Gasteiger partial charge on any atom is -0.401 e. The number of rotatable bonds is 5. The van der Waals surface area contributed by atoms with Crippen LogP contribution >= 0.6 is 0 Å². The van der Waals surface area contributed by atoms with E-state index in [0.717, 1.165) is 70.7 Å². The molecule has 1 unspecified atom stereocenters. The lowest BCUT2D eigenvalue weighted by Crippen LogP contribution is -2.26. The summed E-state index contributed by atoms with van der Waals surface area (Å²) in [5, 5.41) is 2.49. The second-order valence-corrected chi connectivity index (χ2v) is 10.6. The fraction of sp³-hybridized carbons (Fsp3) is 0.321. The molecule has 2 aromatic carbocycles. The van der Waals surface area contributed by atoms with Gasteiger partial charge in [-0.05, 0) is 56.0 Å². The zero-order valence-corrected chi connectivity index (χ0v) is 22.3. The molecule has 1 saturated heterocycles. The summed E-state index contributed by atoms with van der Waals surface area (Å²) in [5.74, 6) is 6.40. The number of aromatic nitrogens is 2. The summed E-state index contributed by atoms with van der Waals surface area (Å²) in [6.07, 6.45) is 5.58. The van der Waals surface area contributed by atoms with Crippen LogP contribution in [0.2, 0.25) is 0 Å². The van der Waals surface area contributed by atoms with Crippen LogP contribution in [-0.2, 0) is 22.1 Å². The number of nitrogens with zero attached hydrogens (tertiary/aromatic N) is 3. The summed E-state index contributed by atoms with van der Waals surface area (Å²) in [4.78, 5) is 5.61. The average Bonchev–Trinajstić information content (AvgIpc) is 3.18. The molecule has 1 fully saturated rings. The first-order chi connectivity index (χ1) is 17.8. The highest BCUT2D eigenvalue weighted by molar-refractivity contribution is 7.84. The van der Waals surface area contributed by atoms with Crippen LogP contribution in [0.3, 0.4) is 0 Å². The summed E-state index contributed by atoms with van der Waals surface area (Å²) in [6, 6.07) is 16.0. The van der Waals surface area contributed by atoms with Gasteiger partial charge in [-0.25, -0.2) is 10.2 Å². The second-order valence-electron chi connectivity index (χ2n) is 9.30. The summed E-state index contributed by atoms with van der Waals surface area (Å²) in [5.41, 5.74) is 11.3. The zero-order chi connectivity index (χ0) is 26.5. The normalized spacial score (nSPS) is 15.7. The number of halogens is 1. The highest BCUT2D eigenvalue weighted by Crippen LogP contribution is 2.35. The van der Waals surface area contributed by atoms with Crippen LogP contribution in [-0.4, -0.2) is 45.3 Å². The summed E-state index contributed by atoms with van der Waals surface area (Å²) in [6.45, 7) is 4.30. The van der Waals surface area contributed by atoms with Crippen molar-refractivity contribution in [2.24, 2.45) is 17.5 Å². The largest absolute Gasteiger partial charge is 0.401 e. The number of fused-ring (bicyclic) bond motifs is 3. The van der Waals surface area contributed by atoms with Gasteiger partial charge in [-0.3, -0.25) is 9.19 Å². The molecule has 0 spiro atoms. The van der Waals surface area contributed by atoms with E-state index in [9.17, 15) is 8.60 Å². The number of hydrogen-bond donors (Lipinski definition) is 2. The number of benzene rings is 2. The lowest BCUT2D eigenvalue weighted by atomic mass is 10.0. The Bertz CT molecular complexity index is 1430. The molecule has 0 amide bonds. The minimum atomic E-state index is -1.11. The molecule has 1 atom stereocenters. The third-order valence-electron chi connectivity index (χ3n) is 6.51. The van der Waals surface area contributed by atoms with Crippen molar-refractivity contribution < 1.29 is 13.3 Å². The van der Waals surface area contributed by atoms with Gasteiger partial charge >= 0.3 is 0 Å². The molecule has 7 nitrogen and oxygen atoms in total. The van der Waals surface area contributed by atoms with Crippen molar-refractivity contribution in [2.75, 3.05) is 26.5 Å². The standard InChI is InChI=1S/C22H29N5O2S.C6H5F/c1-14(23)22(26(2)24)16-11-18-21(25-12-16)20-17(5-4-6-19(20)30(3)28)27(18)13-15-7-9-29-10-8-15;7-6-4-2-1-3-5-6/h4-6,11-12,15H,7-10,13,23-24H2,1-3H3;1-5H/b22-14-;. The Morgan fingerprint density at radius 3 is 2.43 bits per heavy atom. The van der Waals surface area contributed by atoms with Crippen molar-refractivity contribution >= 4 is 38.4 Å². The Hall–Kier alpha value is -3.27. The Balaban J connectivity index is 0.000000396. The van der Waals surface area contributed by atoms with Gasteiger partial charge in [0, 0.05) is 55.9 Å². The molecule has 0 bridgehead atoms. The van der Waals surface area contributed by atoms with Gasteiger partial charge in [-0.2, -0.15) is 0 Å². The number of nitrogens with two attached hydrogens (primary N) is 2. The smallest absolute Gasteiger partial charge is 0.123 e. The van der Waals surface area contributed by atoms with Gasteiger partial charge in [0.2, 0.25) is 0 Å². The Kier molecular flexibility index (Phi) is 8.58. The highest BCUT2D eigenvalue weighted by Gasteiger charge is 2.22. The average molecular weight is 524 g/mol. The van der Waals surface area contributed by atoms with Crippen LogP contribution in [0.1, 0.15) is 25.3 Å². The van der Waals surface area contributed by atoms with E-state index in [1.54, 1.807) is 37.7 Å². The quantitative estimate of drug-likeness (QED) is 0.292. The van der Waals surface area contributed by atoms with Crippen LogP contribution in [0.15, 0.2) is 71.4 Å². The van der Waals surface area contributed by atoms with Crippen LogP contribution in [0.5, 0.6) is 0 Å². The summed E-state index contributed by atoms with van der Waals surface area (Å²) < 4.78 is 32.2. The molecule has 0 radical (unpaired) electrons. The monoisotopic (exact) mass is 523 g/mol. The number of hydrogen-bond acceptors (Lipinski definition) is 6. The van der Waals surface area contributed by atoms with E-state index in [-0.39, 0.29) is 5.82 Å². The van der Waals surface area contributed by atoms with Crippen molar-refractivity contribution in [3.05, 3.63) is 77.9 Å². The third-order valence-corrected chi connectivity index (χ3v) is 7.47. The molecule has 196 valence electrons. The number of ether oxygens (including phenoxy) is 1. The maximum atomic E-state index is 12.5. The number of pyridine rings is 1. The van der Waals surface area contributed by atoms with Gasteiger partial charge in [0.25, 0.3) is 0 Å². The van der Waals surface area contributed by atoms with Crippen molar-refractivity contribution in [1.29, 1.82) is 0 Å². The van der Waals surface area contributed by atoms with Crippen LogP contribution < -0.4 is 11.6 Å². The van der Waals surface area contributed by atoms with Gasteiger partial charge in [0.1, 0.15) is 5.82 Å². The van der Waals surface area contributed by atoms with E-state index in [0.29, 0.717) is 11.6 Å². The fourth-order valence-corrected chi connectivity index (χ4v) is 5.60. The molecule has 0 aliphatic carbocycles. The fourth-order valence-electron chi connectivity index (χ4n) is 4.84. The Morgan fingerprint density at radius 2 is 1.86 bits per heavy atom. The Morgan fingerprint density at radius 1 is 1.16 bits per heavy atom. The molecule has 37 heavy (non-hydrogen) atoms. The lowest BCUT2D eigenvalue weighted by molar-refractivity contribution is 0.0620.